The van der Waals surface area contributed by atoms with Crippen LogP contribution in [0, 0.1) is 13.8 Å². The molecular weight excluding hydrogens is 346 g/mol. The molecule has 0 radical (unpaired) electrons. The van der Waals surface area contributed by atoms with Crippen LogP contribution in [-0.2, 0) is 10.8 Å². The van der Waals surface area contributed by atoms with Gasteiger partial charge in [-0.25, -0.2) is 0 Å². The van der Waals surface area contributed by atoms with E-state index >= 15 is 0 Å². The summed E-state index contributed by atoms with van der Waals surface area (Å²) in [5.74, 6) is 1.09. The molecule has 142 valence electrons. The molecule has 0 fully saturated rings. The summed E-state index contributed by atoms with van der Waals surface area (Å²) in [6.45, 7) is 16.6. The van der Waals surface area contributed by atoms with Gasteiger partial charge in [-0.3, -0.25) is 0 Å². The smallest absolute Gasteiger partial charge is 0.414 e. The third-order valence-electron chi connectivity index (χ3n) is 4.23. The second-order valence-electron chi connectivity index (χ2n) is 8.89. The van der Waals surface area contributed by atoms with Crippen LogP contribution < -0.4 is 9.05 Å². The molecule has 0 saturated heterocycles. The summed E-state index contributed by atoms with van der Waals surface area (Å²) in [6, 6.07) is 11.6. The van der Waals surface area contributed by atoms with E-state index in [1.165, 1.54) is 0 Å². The zero-order chi connectivity index (χ0) is 19.7. The van der Waals surface area contributed by atoms with E-state index in [2.05, 4.69) is 41.5 Å². The van der Waals surface area contributed by atoms with Gasteiger partial charge in [0.25, 0.3) is 0 Å². The van der Waals surface area contributed by atoms with E-state index in [1.807, 2.05) is 50.2 Å². The van der Waals surface area contributed by atoms with Crippen LogP contribution in [0.15, 0.2) is 36.4 Å². The highest BCUT2D eigenvalue weighted by Gasteiger charge is 2.26. The second-order valence-corrected chi connectivity index (χ2v) is 9.68. The lowest BCUT2D eigenvalue weighted by Crippen LogP contribution is -2.14. The highest BCUT2D eigenvalue weighted by atomic mass is 31.2. The first-order valence-electron chi connectivity index (χ1n) is 8.92. The molecule has 0 N–H and O–H groups in total. The Hall–Kier alpha value is -1.60. The summed E-state index contributed by atoms with van der Waals surface area (Å²) in [4.78, 5) is 0. The van der Waals surface area contributed by atoms with Crippen LogP contribution in [0.4, 0.5) is 4.20 Å². The summed E-state index contributed by atoms with van der Waals surface area (Å²) in [7, 11) is -2.58. The van der Waals surface area contributed by atoms with Crippen molar-refractivity contribution >= 4 is 8.69 Å². The predicted molar refractivity (Wildman–Crippen MR) is 109 cm³/mol. The van der Waals surface area contributed by atoms with Crippen molar-refractivity contribution in [3.8, 4) is 11.5 Å². The standard InChI is InChI=1S/C22H30FO2P/c1-15-9-11-19(17(13-15)21(3,4)5)24-26(23)25-20-12-10-16(2)14-18(20)22(6,7)8/h9-14H,1-8H3. The molecule has 2 aromatic carbocycles. The van der Waals surface area contributed by atoms with Crippen LogP contribution in [0.2, 0.25) is 0 Å². The molecule has 0 unspecified atom stereocenters. The molecule has 0 atom stereocenters. The quantitative estimate of drug-likeness (QED) is 0.513. The van der Waals surface area contributed by atoms with Crippen LogP contribution in [-0.4, -0.2) is 0 Å². The van der Waals surface area contributed by atoms with Gasteiger partial charge < -0.3 is 9.05 Å². The number of hydrogen-bond donors (Lipinski definition) is 0. The maximum Gasteiger partial charge on any atom is 0.505 e. The minimum atomic E-state index is -2.58. The molecule has 0 aliphatic heterocycles. The molecule has 0 spiro atoms. The Bertz CT molecular complexity index is 707. The molecule has 26 heavy (non-hydrogen) atoms. The number of benzene rings is 2. The van der Waals surface area contributed by atoms with Gasteiger partial charge in [0, 0.05) is 11.1 Å². The SMILES string of the molecule is Cc1ccc(OP(F)Oc2ccc(C)cc2C(C)(C)C)c(C(C)(C)C)c1. The molecule has 2 aromatic rings. The Kier molecular flexibility index (Phi) is 6.02. The van der Waals surface area contributed by atoms with Crippen molar-refractivity contribution in [1.29, 1.82) is 0 Å². The monoisotopic (exact) mass is 376 g/mol. The van der Waals surface area contributed by atoms with Crippen molar-refractivity contribution < 1.29 is 13.2 Å². The van der Waals surface area contributed by atoms with E-state index in [4.69, 9.17) is 9.05 Å². The molecule has 0 saturated carbocycles. The number of hydrogen-bond acceptors (Lipinski definition) is 2. The first kappa shape index (κ1) is 20.7. The Morgan fingerprint density at radius 2 is 1.04 bits per heavy atom. The summed E-state index contributed by atoms with van der Waals surface area (Å²) < 4.78 is 25.9. The van der Waals surface area contributed by atoms with Gasteiger partial charge in [0.15, 0.2) is 0 Å². The molecule has 0 bridgehead atoms. The first-order valence-corrected chi connectivity index (χ1v) is 9.99. The van der Waals surface area contributed by atoms with E-state index < -0.39 is 8.69 Å². The Morgan fingerprint density at radius 1 is 0.692 bits per heavy atom. The summed E-state index contributed by atoms with van der Waals surface area (Å²) in [6.07, 6.45) is 0. The second kappa shape index (κ2) is 7.56. The third kappa shape index (κ3) is 5.20. The summed E-state index contributed by atoms with van der Waals surface area (Å²) in [5, 5.41) is 0. The van der Waals surface area contributed by atoms with Crippen molar-refractivity contribution in [2.45, 2.75) is 66.2 Å². The topological polar surface area (TPSA) is 18.5 Å². The average molecular weight is 376 g/mol. The molecule has 0 heterocycles. The number of rotatable bonds is 4. The fourth-order valence-corrected chi connectivity index (χ4v) is 3.46. The Morgan fingerprint density at radius 3 is 1.35 bits per heavy atom. The van der Waals surface area contributed by atoms with Gasteiger partial charge in [0.05, 0.1) is 0 Å². The normalized spacial score (nSPS) is 12.4. The largest absolute Gasteiger partial charge is 0.505 e. The molecule has 0 aliphatic carbocycles. The number of aryl methyl sites for hydroxylation is 2. The summed E-state index contributed by atoms with van der Waals surface area (Å²) >= 11 is 0. The molecule has 0 aromatic heterocycles. The van der Waals surface area contributed by atoms with Gasteiger partial charge >= 0.3 is 8.69 Å². The lowest BCUT2D eigenvalue weighted by Gasteiger charge is -2.25. The first-order chi connectivity index (χ1) is 11.9. The zero-order valence-corrected chi connectivity index (χ0v) is 18.0. The van der Waals surface area contributed by atoms with Crippen molar-refractivity contribution in [2.75, 3.05) is 0 Å². The highest BCUT2D eigenvalue weighted by Crippen LogP contribution is 2.47. The van der Waals surface area contributed by atoms with E-state index in [0.717, 1.165) is 22.3 Å². The maximum absolute atomic E-state index is 14.7. The van der Waals surface area contributed by atoms with Crippen LogP contribution in [0.1, 0.15) is 63.8 Å². The van der Waals surface area contributed by atoms with E-state index in [0.29, 0.717) is 11.5 Å². The minimum absolute atomic E-state index is 0.141. The van der Waals surface area contributed by atoms with Gasteiger partial charge in [-0.15, -0.1) is 4.20 Å². The van der Waals surface area contributed by atoms with Gasteiger partial charge in [0.2, 0.25) is 0 Å². The molecule has 4 heteroatoms. The predicted octanol–water partition coefficient (Wildman–Crippen LogP) is 7.55. The molecule has 2 rings (SSSR count). The Labute approximate surface area is 158 Å². The third-order valence-corrected chi connectivity index (χ3v) is 4.91. The molecule has 0 amide bonds. The maximum atomic E-state index is 14.7. The molecular formula is C22H30FO2P. The van der Waals surface area contributed by atoms with E-state index in [1.54, 1.807) is 0 Å². The fraction of sp³-hybridized carbons (Fsp3) is 0.455. The minimum Gasteiger partial charge on any atom is -0.414 e. The molecule has 0 aliphatic rings. The Balaban J connectivity index is 2.27. The van der Waals surface area contributed by atoms with Gasteiger partial charge in [-0.1, -0.05) is 76.9 Å². The molecule has 2 nitrogen and oxygen atoms in total. The van der Waals surface area contributed by atoms with Gasteiger partial charge in [0.1, 0.15) is 11.5 Å². The van der Waals surface area contributed by atoms with Gasteiger partial charge in [-0.05, 0) is 36.8 Å². The number of halogens is 1. The zero-order valence-electron chi connectivity index (χ0n) is 17.1. The van der Waals surface area contributed by atoms with Crippen LogP contribution in [0.3, 0.4) is 0 Å². The van der Waals surface area contributed by atoms with Gasteiger partial charge in [-0.2, -0.15) is 0 Å². The van der Waals surface area contributed by atoms with Crippen molar-refractivity contribution in [1.82, 2.24) is 0 Å². The van der Waals surface area contributed by atoms with Crippen molar-refractivity contribution in [2.24, 2.45) is 0 Å². The highest BCUT2D eigenvalue weighted by molar-refractivity contribution is 7.42. The fourth-order valence-electron chi connectivity index (χ4n) is 2.79. The van der Waals surface area contributed by atoms with Crippen LogP contribution >= 0.6 is 8.69 Å². The lowest BCUT2D eigenvalue weighted by atomic mass is 9.85. The lowest BCUT2D eigenvalue weighted by molar-refractivity contribution is 0.420. The average Bonchev–Trinajstić information content (AvgIpc) is 2.49. The van der Waals surface area contributed by atoms with Crippen molar-refractivity contribution in [3.63, 3.8) is 0 Å². The van der Waals surface area contributed by atoms with Crippen molar-refractivity contribution in [3.05, 3.63) is 58.7 Å². The van der Waals surface area contributed by atoms with E-state index in [9.17, 15) is 4.20 Å². The summed E-state index contributed by atoms with van der Waals surface area (Å²) in [5.41, 5.74) is 3.92. The van der Waals surface area contributed by atoms with Crippen LogP contribution in [0.25, 0.3) is 0 Å². The van der Waals surface area contributed by atoms with E-state index in [-0.39, 0.29) is 10.8 Å². The van der Waals surface area contributed by atoms with Crippen LogP contribution in [0.5, 0.6) is 11.5 Å².